The molecule has 0 aliphatic carbocycles. The number of amides is 1. The molecule has 34 heavy (non-hydrogen) atoms. The van der Waals surface area contributed by atoms with Gasteiger partial charge < -0.3 is 19.1 Å². The molecule has 4 rings (SSSR count). The fraction of sp³-hybridized carbons (Fsp3) is 0.429. The van der Waals surface area contributed by atoms with Gasteiger partial charge in [-0.3, -0.25) is 4.79 Å². The van der Waals surface area contributed by atoms with Gasteiger partial charge in [-0.2, -0.15) is 0 Å². The molecular formula is C28H35N3O3. The van der Waals surface area contributed by atoms with Gasteiger partial charge >= 0.3 is 0 Å². The van der Waals surface area contributed by atoms with E-state index in [9.17, 15) is 4.79 Å². The fourth-order valence-electron chi connectivity index (χ4n) is 4.38. The molecular weight excluding hydrogens is 426 g/mol. The van der Waals surface area contributed by atoms with Gasteiger partial charge in [-0.05, 0) is 55.9 Å². The number of anilines is 1. The maximum atomic E-state index is 13.6. The quantitative estimate of drug-likeness (QED) is 0.389. The number of methoxy groups -OCH3 is 1. The van der Waals surface area contributed by atoms with Gasteiger partial charge in [-0.15, -0.1) is 0 Å². The highest BCUT2D eigenvalue weighted by Gasteiger charge is 2.27. The lowest BCUT2D eigenvalue weighted by Crippen LogP contribution is -2.34. The molecule has 0 atom stereocenters. The number of carbonyl (C=O) groups is 1. The molecule has 1 aliphatic rings. The first-order chi connectivity index (χ1) is 16.6. The number of aromatic nitrogens is 1. The lowest BCUT2D eigenvalue weighted by molar-refractivity contribution is 0.0735. The predicted molar refractivity (Wildman–Crippen MR) is 135 cm³/mol. The lowest BCUT2D eigenvalue weighted by atomic mass is 10.0. The molecule has 6 nitrogen and oxygen atoms in total. The van der Waals surface area contributed by atoms with Crippen LogP contribution in [0.2, 0.25) is 0 Å². The molecule has 0 unspecified atom stereocenters. The lowest BCUT2D eigenvalue weighted by Gasteiger charge is -2.29. The van der Waals surface area contributed by atoms with Crippen molar-refractivity contribution in [2.75, 3.05) is 31.6 Å². The van der Waals surface area contributed by atoms with Crippen LogP contribution in [0.1, 0.15) is 55.5 Å². The number of ether oxygens (including phenoxy) is 1. The van der Waals surface area contributed by atoms with E-state index in [-0.39, 0.29) is 5.91 Å². The maximum absolute atomic E-state index is 13.6. The van der Waals surface area contributed by atoms with Crippen molar-refractivity contribution in [1.82, 2.24) is 10.1 Å². The third-order valence-electron chi connectivity index (χ3n) is 6.41. The van der Waals surface area contributed by atoms with E-state index in [0.29, 0.717) is 24.6 Å². The second-order valence-electron chi connectivity index (χ2n) is 9.37. The summed E-state index contributed by atoms with van der Waals surface area (Å²) in [5.74, 6) is 2.04. The Labute approximate surface area is 202 Å². The van der Waals surface area contributed by atoms with Crippen LogP contribution in [0.4, 0.5) is 5.88 Å². The minimum atomic E-state index is 0.00751. The summed E-state index contributed by atoms with van der Waals surface area (Å²) in [7, 11) is 1.63. The molecule has 0 saturated carbocycles. The standard InChI is InChI=1S/C28H35N3O3/c1-21(2)16-19-31(27(32)23-12-14-24(33-3)15-13-23)20-25-26(22-10-6-4-7-11-22)29-34-28(25)30-17-8-5-9-18-30/h4,6-7,10-15,21H,5,8-9,16-20H2,1-3H3. The average molecular weight is 462 g/mol. The molecule has 180 valence electrons. The van der Waals surface area contributed by atoms with E-state index in [0.717, 1.165) is 60.8 Å². The molecule has 1 aliphatic heterocycles. The number of piperidine rings is 1. The number of rotatable bonds is 9. The van der Waals surface area contributed by atoms with Crippen LogP contribution in [0.15, 0.2) is 59.1 Å². The highest BCUT2D eigenvalue weighted by atomic mass is 16.5. The van der Waals surface area contributed by atoms with Crippen molar-refractivity contribution in [1.29, 1.82) is 0 Å². The Kier molecular flexibility index (Phi) is 7.88. The first-order valence-corrected chi connectivity index (χ1v) is 12.3. The highest BCUT2D eigenvalue weighted by molar-refractivity contribution is 5.94. The summed E-state index contributed by atoms with van der Waals surface area (Å²) in [6, 6.07) is 17.4. The van der Waals surface area contributed by atoms with Crippen molar-refractivity contribution < 1.29 is 14.1 Å². The number of hydrogen-bond acceptors (Lipinski definition) is 5. The molecule has 3 aromatic rings. The smallest absolute Gasteiger partial charge is 0.254 e. The second-order valence-corrected chi connectivity index (χ2v) is 9.37. The van der Waals surface area contributed by atoms with E-state index in [1.54, 1.807) is 7.11 Å². The third kappa shape index (κ3) is 5.61. The van der Waals surface area contributed by atoms with Gasteiger partial charge in [-0.25, -0.2) is 0 Å². The van der Waals surface area contributed by atoms with Gasteiger partial charge in [0.05, 0.1) is 19.2 Å². The molecule has 2 heterocycles. The van der Waals surface area contributed by atoms with E-state index >= 15 is 0 Å². The van der Waals surface area contributed by atoms with Gasteiger partial charge in [0.25, 0.3) is 5.91 Å². The molecule has 6 heteroatoms. The first kappa shape index (κ1) is 23.9. The molecule has 0 radical (unpaired) electrons. The van der Waals surface area contributed by atoms with Crippen LogP contribution >= 0.6 is 0 Å². The van der Waals surface area contributed by atoms with E-state index in [2.05, 4.69) is 23.9 Å². The SMILES string of the molecule is COc1ccc(C(=O)N(CCC(C)C)Cc2c(-c3ccccc3)noc2N2CCCCC2)cc1. The molecule has 0 N–H and O–H groups in total. The number of carbonyl (C=O) groups excluding carboxylic acids is 1. The van der Waals surface area contributed by atoms with Crippen LogP contribution < -0.4 is 9.64 Å². The van der Waals surface area contributed by atoms with Crippen molar-refractivity contribution in [3.63, 3.8) is 0 Å². The van der Waals surface area contributed by atoms with Gasteiger partial charge in [0, 0.05) is 30.8 Å². The van der Waals surface area contributed by atoms with Crippen LogP contribution in [-0.2, 0) is 6.54 Å². The Bertz CT molecular complexity index is 1050. The van der Waals surface area contributed by atoms with E-state index in [4.69, 9.17) is 9.26 Å². The summed E-state index contributed by atoms with van der Waals surface area (Å²) in [6.45, 7) is 7.40. The predicted octanol–water partition coefficient (Wildman–Crippen LogP) is 6.03. The summed E-state index contributed by atoms with van der Waals surface area (Å²) in [6.07, 6.45) is 4.44. The first-order valence-electron chi connectivity index (χ1n) is 12.3. The van der Waals surface area contributed by atoms with Gasteiger partial charge in [0.2, 0.25) is 5.88 Å². The Morgan fingerprint density at radius 2 is 1.76 bits per heavy atom. The van der Waals surface area contributed by atoms with Crippen molar-refractivity contribution in [3.8, 4) is 17.0 Å². The molecule has 2 aromatic carbocycles. The highest BCUT2D eigenvalue weighted by Crippen LogP contribution is 2.34. The third-order valence-corrected chi connectivity index (χ3v) is 6.41. The van der Waals surface area contributed by atoms with Gasteiger partial charge in [0.15, 0.2) is 0 Å². The summed E-state index contributed by atoms with van der Waals surface area (Å²) in [5, 5.41) is 4.49. The number of benzene rings is 2. The zero-order valence-electron chi connectivity index (χ0n) is 20.5. The minimum absolute atomic E-state index is 0.00751. The zero-order chi connectivity index (χ0) is 23.9. The molecule has 0 bridgehead atoms. The summed E-state index contributed by atoms with van der Waals surface area (Å²) >= 11 is 0. The molecule has 1 saturated heterocycles. The average Bonchev–Trinajstić information content (AvgIpc) is 3.30. The van der Waals surface area contributed by atoms with Crippen LogP contribution in [0.5, 0.6) is 5.75 Å². The second kappa shape index (κ2) is 11.2. The zero-order valence-corrected chi connectivity index (χ0v) is 20.5. The molecule has 1 aromatic heterocycles. The van der Waals surface area contributed by atoms with Gasteiger partial charge in [-0.1, -0.05) is 49.3 Å². The number of hydrogen-bond donors (Lipinski definition) is 0. The topological polar surface area (TPSA) is 58.8 Å². The number of nitrogens with zero attached hydrogens (tertiary/aromatic N) is 3. The summed E-state index contributed by atoms with van der Waals surface area (Å²) < 4.78 is 11.2. The molecule has 0 spiro atoms. The monoisotopic (exact) mass is 461 g/mol. The Morgan fingerprint density at radius 3 is 2.41 bits per heavy atom. The minimum Gasteiger partial charge on any atom is -0.497 e. The van der Waals surface area contributed by atoms with E-state index in [1.165, 1.54) is 6.42 Å². The molecule has 1 fully saturated rings. The van der Waals surface area contributed by atoms with Crippen molar-refractivity contribution in [2.45, 2.75) is 46.1 Å². The Hall–Kier alpha value is -3.28. The van der Waals surface area contributed by atoms with Crippen molar-refractivity contribution in [3.05, 3.63) is 65.7 Å². The van der Waals surface area contributed by atoms with E-state index in [1.807, 2.05) is 59.5 Å². The van der Waals surface area contributed by atoms with Gasteiger partial charge in [0.1, 0.15) is 11.4 Å². The Morgan fingerprint density at radius 1 is 1.06 bits per heavy atom. The largest absolute Gasteiger partial charge is 0.497 e. The van der Waals surface area contributed by atoms with Crippen molar-refractivity contribution >= 4 is 11.8 Å². The fourth-order valence-corrected chi connectivity index (χ4v) is 4.38. The normalized spacial score (nSPS) is 13.8. The summed E-state index contributed by atoms with van der Waals surface area (Å²) in [4.78, 5) is 17.9. The van der Waals surface area contributed by atoms with E-state index < -0.39 is 0 Å². The molecule has 1 amide bonds. The van der Waals surface area contributed by atoms with Crippen molar-refractivity contribution in [2.24, 2.45) is 5.92 Å². The summed E-state index contributed by atoms with van der Waals surface area (Å²) in [5.41, 5.74) is 3.46. The van der Waals surface area contributed by atoms with Crippen LogP contribution in [0, 0.1) is 5.92 Å². The Balaban J connectivity index is 1.69. The van der Waals surface area contributed by atoms with Crippen LogP contribution in [-0.4, -0.2) is 42.7 Å². The maximum Gasteiger partial charge on any atom is 0.254 e. The van der Waals surface area contributed by atoms with Crippen LogP contribution in [0.3, 0.4) is 0 Å². The van der Waals surface area contributed by atoms with Crippen LogP contribution in [0.25, 0.3) is 11.3 Å².